The Morgan fingerprint density at radius 2 is 2.18 bits per heavy atom. The first-order chi connectivity index (χ1) is 8.04. The summed E-state index contributed by atoms with van der Waals surface area (Å²) in [5, 5.41) is 0. The third-order valence-electron chi connectivity index (χ3n) is 2.28. The quantitative estimate of drug-likeness (QED) is 0.642. The smallest absolute Gasteiger partial charge is 0.144 e. The Kier molecular flexibility index (Phi) is 6.30. The molecular formula is C12H19BrN2OS. The first-order valence-corrected chi connectivity index (χ1v) is 7.10. The molecule has 0 radical (unpaired) electrons. The van der Waals surface area contributed by atoms with Crippen LogP contribution in [0.2, 0.25) is 0 Å². The molecule has 0 amide bonds. The molecule has 1 aromatic rings. The zero-order chi connectivity index (χ0) is 12.8. The lowest BCUT2D eigenvalue weighted by Crippen LogP contribution is -2.07. The van der Waals surface area contributed by atoms with E-state index in [4.69, 9.17) is 17.0 Å². The standard InChI is InChI=1S/C12H19BrN2OS/c1-4-16-6-5-10-14-9(7-8(2)3)11(13)12(17)15-10/h8H,4-7H2,1-3H3,(H,14,15,17). The summed E-state index contributed by atoms with van der Waals surface area (Å²) in [5.74, 6) is 1.49. The van der Waals surface area contributed by atoms with E-state index in [-0.39, 0.29) is 0 Å². The Labute approximate surface area is 116 Å². The first kappa shape index (κ1) is 14.8. The number of ether oxygens (including phenoxy) is 1. The van der Waals surface area contributed by atoms with E-state index in [9.17, 15) is 0 Å². The van der Waals surface area contributed by atoms with Crippen LogP contribution in [0.25, 0.3) is 0 Å². The molecule has 1 N–H and O–H groups in total. The van der Waals surface area contributed by atoms with Crippen molar-refractivity contribution in [1.29, 1.82) is 0 Å². The minimum atomic E-state index is 0.582. The van der Waals surface area contributed by atoms with Crippen molar-refractivity contribution in [3.63, 3.8) is 0 Å². The van der Waals surface area contributed by atoms with Crippen molar-refractivity contribution < 1.29 is 4.74 Å². The molecule has 5 heteroatoms. The number of halogens is 1. The van der Waals surface area contributed by atoms with Crippen LogP contribution in [0.3, 0.4) is 0 Å². The van der Waals surface area contributed by atoms with Crippen molar-refractivity contribution >= 4 is 28.1 Å². The molecule has 0 unspecified atom stereocenters. The molecule has 0 aliphatic heterocycles. The number of nitrogens with zero attached hydrogens (tertiary/aromatic N) is 1. The second-order valence-corrected chi connectivity index (χ2v) is 5.51. The highest BCUT2D eigenvalue weighted by molar-refractivity contribution is 9.10. The molecule has 96 valence electrons. The molecular weight excluding hydrogens is 300 g/mol. The monoisotopic (exact) mass is 318 g/mol. The Bertz CT molecular complexity index is 417. The van der Waals surface area contributed by atoms with E-state index in [1.165, 1.54) is 0 Å². The van der Waals surface area contributed by atoms with Crippen LogP contribution in [0.15, 0.2) is 4.47 Å². The van der Waals surface area contributed by atoms with Crippen molar-refractivity contribution in [1.82, 2.24) is 9.97 Å². The van der Waals surface area contributed by atoms with Crippen LogP contribution in [-0.4, -0.2) is 23.2 Å². The van der Waals surface area contributed by atoms with E-state index in [1.807, 2.05) is 6.92 Å². The summed E-state index contributed by atoms with van der Waals surface area (Å²) in [4.78, 5) is 7.68. The predicted octanol–water partition coefficient (Wildman–Crippen LogP) is 3.68. The largest absolute Gasteiger partial charge is 0.381 e. The van der Waals surface area contributed by atoms with Gasteiger partial charge in [-0.2, -0.15) is 0 Å². The SMILES string of the molecule is CCOCCc1nc(=S)c(Br)c(CC(C)C)[nH]1. The average molecular weight is 319 g/mol. The minimum Gasteiger partial charge on any atom is -0.381 e. The lowest BCUT2D eigenvalue weighted by atomic mass is 10.1. The maximum atomic E-state index is 5.32. The molecule has 1 rings (SSSR count). The number of hydrogen-bond donors (Lipinski definition) is 1. The Hall–Kier alpha value is -0.260. The highest BCUT2D eigenvalue weighted by Crippen LogP contribution is 2.19. The zero-order valence-electron chi connectivity index (χ0n) is 10.5. The fraction of sp³-hybridized carbons (Fsp3) is 0.667. The summed E-state index contributed by atoms with van der Waals surface area (Å²) < 4.78 is 6.87. The molecule has 3 nitrogen and oxygen atoms in total. The Morgan fingerprint density at radius 1 is 1.47 bits per heavy atom. The molecule has 0 bridgehead atoms. The topological polar surface area (TPSA) is 37.9 Å². The highest BCUT2D eigenvalue weighted by Gasteiger charge is 2.08. The maximum Gasteiger partial charge on any atom is 0.144 e. The van der Waals surface area contributed by atoms with Gasteiger partial charge in [0.05, 0.1) is 11.1 Å². The second kappa shape index (κ2) is 7.24. The molecule has 0 spiro atoms. The maximum absolute atomic E-state index is 5.32. The van der Waals surface area contributed by atoms with Crippen LogP contribution in [0, 0.1) is 10.6 Å². The number of hydrogen-bond acceptors (Lipinski definition) is 3. The van der Waals surface area contributed by atoms with Crippen LogP contribution >= 0.6 is 28.1 Å². The minimum absolute atomic E-state index is 0.582. The van der Waals surface area contributed by atoms with Crippen molar-refractivity contribution in [2.24, 2.45) is 5.92 Å². The zero-order valence-corrected chi connectivity index (χ0v) is 12.9. The van der Waals surface area contributed by atoms with Crippen LogP contribution in [0.5, 0.6) is 0 Å². The van der Waals surface area contributed by atoms with Crippen LogP contribution in [-0.2, 0) is 17.6 Å². The van der Waals surface area contributed by atoms with E-state index in [0.29, 0.717) is 17.2 Å². The van der Waals surface area contributed by atoms with Gasteiger partial charge in [-0.05, 0) is 35.2 Å². The molecule has 1 aromatic heterocycles. The second-order valence-electron chi connectivity index (χ2n) is 4.33. The van der Waals surface area contributed by atoms with Crippen LogP contribution < -0.4 is 0 Å². The summed E-state index contributed by atoms with van der Waals surface area (Å²) in [7, 11) is 0. The molecule has 0 fully saturated rings. The van der Waals surface area contributed by atoms with Gasteiger partial charge >= 0.3 is 0 Å². The molecule has 0 atom stereocenters. The predicted molar refractivity (Wildman–Crippen MR) is 75.9 cm³/mol. The normalized spacial score (nSPS) is 11.1. The third-order valence-corrected chi connectivity index (χ3v) is 3.70. The van der Waals surface area contributed by atoms with E-state index in [1.54, 1.807) is 0 Å². The van der Waals surface area contributed by atoms with E-state index in [0.717, 1.165) is 35.4 Å². The molecule has 0 aromatic carbocycles. The van der Waals surface area contributed by atoms with Gasteiger partial charge in [0.15, 0.2) is 0 Å². The highest BCUT2D eigenvalue weighted by atomic mass is 79.9. The van der Waals surface area contributed by atoms with Crippen molar-refractivity contribution in [2.75, 3.05) is 13.2 Å². The van der Waals surface area contributed by atoms with Gasteiger partial charge < -0.3 is 9.72 Å². The number of rotatable bonds is 6. The lowest BCUT2D eigenvalue weighted by molar-refractivity contribution is 0.149. The average Bonchev–Trinajstić information content (AvgIpc) is 2.25. The Balaban J connectivity index is 2.86. The van der Waals surface area contributed by atoms with E-state index in [2.05, 4.69) is 39.7 Å². The summed E-state index contributed by atoms with van der Waals surface area (Å²) in [6.45, 7) is 7.77. The van der Waals surface area contributed by atoms with Gasteiger partial charge in [-0.3, -0.25) is 0 Å². The van der Waals surface area contributed by atoms with Gasteiger partial charge in [0.1, 0.15) is 10.5 Å². The summed E-state index contributed by atoms with van der Waals surface area (Å²) in [6, 6.07) is 0. The van der Waals surface area contributed by atoms with Crippen LogP contribution in [0.4, 0.5) is 0 Å². The molecule has 0 aliphatic rings. The van der Waals surface area contributed by atoms with Crippen molar-refractivity contribution in [2.45, 2.75) is 33.6 Å². The van der Waals surface area contributed by atoms with Crippen molar-refractivity contribution in [3.05, 3.63) is 20.6 Å². The molecule has 0 aliphatic carbocycles. The molecule has 17 heavy (non-hydrogen) atoms. The van der Waals surface area contributed by atoms with E-state index >= 15 is 0 Å². The van der Waals surface area contributed by atoms with Crippen molar-refractivity contribution in [3.8, 4) is 0 Å². The first-order valence-electron chi connectivity index (χ1n) is 5.89. The number of aromatic amines is 1. The number of H-pyrrole nitrogens is 1. The molecule has 0 saturated heterocycles. The number of aromatic nitrogens is 2. The fourth-order valence-corrected chi connectivity index (χ4v) is 2.12. The summed E-state index contributed by atoms with van der Waals surface area (Å²) >= 11 is 8.74. The number of nitrogens with one attached hydrogen (secondary N) is 1. The van der Waals surface area contributed by atoms with Gasteiger partial charge in [-0.15, -0.1) is 0 Å². The summed E-state index contributed by atoms with van der Waals surface area (Å²) in [6.07, 6.45) is 1.74. The van der Waals surface area contributed by atoms with E-state index < -0.39 is 0 Å². The van der Waals surface area contributed by atoms with Gasteiger partial charge in [-0.25, -0.2) is 4.98 Å². The van der Waals surface area contributed by atoms with Gasteiger partial charge in [0.2, 0.25) is 0 Å². The van der Waals surface area contributed by atoms with Gasteiger partial charge in [0, 0.05) is 18.7 Å². The third kappa shape index (κ3) is 4.85. The van der Waals surface area contributed by atoms with Gasteiger partial charge in [-0.1, -0.05) is 26.1 Å². The van der Waals surface area contributed by atoms with Crippen LogP contribution in [0.1, 0.15) is 32.3 Å². The molecule has 1 heterocycles. The van der Waals surface area contributed by atoms with Gasteiger partial charge in [0.25, 0.3) is 0 Å². The lowest BCUT2D eigenvalue weighted by Gasteiger charge is -2.10. The Morgan fingerprint density at radius 3 is 2.76 bits per heavy atom. The molecule has 0 saturated carbocycles. The summed E-state index contributed by atoms with van der Waals surface area (Å²) in [5.41, 5.74) is 1.13. The fourth-order valence-electron chi connectivity index (χ4n) is 1.54.